The van der Waals surface area contributed by atoms with Crippen molar-refractivity contribution in [2.75, 3.05) is 0 Å². The van der Waals surface area contributed by atoms with E-state index in [2.05, 4.69) is 15.9 Å². The summed E-state index contributed by atoms with van der Waals surface area (Å²) < 4.78 is 25.5. The predicted octanol–water partition coefficient (Wildman–Crippen LogP) is 3.01. The van der Waals surface area contributed by atoms with Gasteiger partial charge in [0, 0.05) is 10.9 Å². The van der Waals surface area contributed by atoms with E-state index in [0.717, 1.165) is 11.4 Å². The molecule has 0 spiro atoms. The van der Waals surface area contributed by atoms with Crippen LogP contribution in [0, 0.1) is 0 Å². The zero-order valence-corrected chi connectivity index (χ0v) is 9.26. The van der Waals surface area contributed by atoms with Crippen LogP contribution in [0.5, 0.6) is 0 Å². The maximum Gasteiger partial charge on any atom is 0.266 e. The Morgan fingerprint density at radius 3 is 2.29 bits per heavy atom. The van der Waals surface area contributed by atoms with Crippen LogP contribution in [0.15, 0.2) is 28.7 Å². The van der Waals surface area contributed by atoms with Gasteiger partial charge >= 0.3 is 0 Å². The standard InChI is InChI=1S/C10H11BrF2O/c1-10(14,9(12)13)6-7-2-4-8(11)5-3-7/h2-5,9,14H,6H2,1H3. The molecule has 0 aromatic heterocycles. The highest BCUT2D eigenvalue weighted by Crippen LogP contribution is 2.21. The van der Waals surface area contributed by atoms with Gasteiger partial charge in [-0.15, -0.1) is 0 Å². The molecule has 1 N–H and O–H groups in total. The summed E-state index contributed by atoms with van der Waals surface area (Å²) in [6, 6.07) is 6.94. The summed E-state index contributed by atoms with van der Waals surface area (Å²) in [5.74, 6) is 0. The first-order valence-electron chi connectivity index (χ1n) is 4.17. The highest BCUT2D eigenvalue weighted by molar-refractivity contribution is 9.10. The summed E-state index contributed by atoms with van der Waals surface area (Å²) in [6.07, 6.45) is -2.77. The summed E-state index contributed by atoms with van der Waals surface area (Å²) in [5, 5.41) is 9.35. The van der Waals surface area contributed by atoms with Crippen molar-refractivity contribution >= 4 is 15.9 Å². The monoisotopic (exact) mass is 264 g/mol. The van der Waals surface area contributed by atoms with E-state index < -0.39 is 12.0 Å². The van der Waals surface area contributed by atoms with E-state index in [9.17, 15) is 13.9 Å². The molecule has 0 bridgehead atoms. The zero-order chi connectivity index (χ0) is 10.8. The zero-order valence-electron chi connectivity index (χ0n) is 7.67. The van der Waals surface area contributed by atoms with Gasteiger partial charge < -0.3 is 5.11 Å². The molecule has 0 aliphatic heterocycles. The molecule has 0 aliphatic carbocycles. The fourth-order valence-electron chi connectivity index (χ4n) is 1.09. The number of halogens is 3. The van der Waals surface area contributed by atoms with E-state index in [0.29, 0.717) is 5.56 Å². The molecule has 0 heterocycles. The summed E-state index contributed by atoms with van der Waals surface area (Å²) in [5.41, 5.74) is -1.26. The lowest BCUT2D eigenvalue weighted by Gasteiger charge is -2.21. The molecule has 0 fully saturated rings. The van der Waals surface area contributed by atoms with Gasteiger partial charge in [0.25, 0.3) is 6.43 Å². The number of rotatable bonds is 3. The first kappa shape index (κ1) is 11.6. The van der Waals surface area contributed by atoms with Gasteiger partial charge in [-0.2, -0.15) is 0 Å². The normalized spacial score (nSPS) is 15.6. The number of hydrogen-bond donors (Lipinski definition) is 1. The molecule has 1 aromatic carbocycles. The van der Waals surface area contributed by atoms with Gasteiger partial charge in [-0.1, -0.05) is 28.1 Å². The quantitative estimate of drug-likeness (QED) is 0.890. The van der Waals surface area contributed by atoms with Crippen molar-refractivity contribution in [2.45, 2.75) is 25.4 Å². The summed E-state index contributed by atoms with van der Waals surface area (Å²) >= 11 is 3.24. The van der Waals surface area contributed by atoms with Crippen LogP contribution < -0.4 is 0 Å². The molecule has 0 amide bonds. The Kier molecular flexibility index (Phi) is 3.61. The van der Waals surface area contributed by atoms with E-state index >= 15 is 0 Å². The lowest BCUT2D eigenvalue weighted by Crippen LogP contribution is -2.35. The van der Waals surface area contributed by atoms with E-state index in [-0.39, 0.29) is 6.42 Å². The van der Waals surface area contributed by atoms with Gasteiger partial charge in [-0.05, 0) is 24.6 Å². The summed E-state index contributed by atoms with van der Waals surface area (Å²) in [7, 11) is 0. The SMILES string of the molecule is CC(O)(Cc1ccc(Br)cc1)C(F)F. The van der Waals surface area contributed by atoms with Crippen LogP contribution in [0.3, 0.4) is 0 Å². The summed E-state index contributed by atoms with van der Waals surface area (Å²) in [6.45, 7) is 1.14. The first-order valence-corrected chi connectivity index (χ1v) is 4.96. The average molecular weight is 265 g/mol. The Labute approximate surface area is 89.9 Å². The molecule has 0 radical (unpaired) electrons. The number of alkyl halides is 2. The Morgan fingerprint density at radius 2 is 1.86 bits per heavy atom. The third kappa shape index (κ3) is 3.03. The molecule has 1 unspecified atom stereocenters. The Bertz CT molecular complexity index is 295. The minimum absolute atomic E-state index is 0.0437. The highest BCUT2D eigenvalue weighted by Gasteiger charge is 2.32. The Morgan fingerprint density at radius 1 is 1.36 bits per heavy atom. The number of benzene rings is 1. The second kappa shape index (κ2) is 4.36. The lowest BCUT2D eigenvalue weighted by atomic mass is 9.97. The molecule has 0 saturated heterocycles. The molecular weight excluding hydrogens is 254 g/mol. The van der Waals surface area contributed by atoms with Crippen molar-refractivity contribution in [3.05, 3.63) is 34.3 Å². The maximum atomic E-state index is 12.3. The third-order valence-electron chi connectivity index (χ3n) is 1.95. The molecule has 1 atom stereocenters. The van der Waals surface area contributed by atoms with Crippen LogP contribution in [0.1, 0.15) is 12.5 Å². The van der Waals surface area contributed by atoms with Crippen LogP contribution >= 0.6 is 15.9 Å². The van der Waals surface area contributed by atoms with Crippen molar-refractivity contribution in [2.24, 2.45) is 0 Å². The average Bonchev–Trinajstić information content (AvgIpc) is 2.08. The third-order valence-corrected chi connectivity index (χ3v) is 2.47. The fraction of sp³-hybridized carbons (Fsp3) is 0.400. The largest absolute Gasteiger partial charge is 0.384 e. The van der Waals surface area contributed by atoms with Crippen LogP contribution in [0.25, 0.3) is 0 Å². The van der Waals surface area contributed by atoms with Gasteiger partial charge in [0.05, 0.1) is 0 Å². The molecule has 1 nitrogen and oxygen atoms in total. The molecule has 0 saturated carbocycles. The van der Waals surface area contributed by atoms with Crippen LogP contribution in [-0.4, -0.2) is 17.1 Å². The molecule has 0 aliphatic rings. The second-order valence-corrected chi connectivity index (χ2v) is 4.38. The van der Waals surface area contributed by atoms with Crippen molar-refractivity contribution in [3.63, 3.8) is 0 Å². The van der Waals surface area contributed by atoms with Gasteiger partial charge in [0.1, 0.15) is 5.60 Å². The number of aliphatic hydroxyl groups is 1. The van der Waals surface area contributed by atoms with Crippen LogP contribution in [0.2, 0.25) is 0 Å². The van der Waals surface area contributed by atoms with Crippen molar-refractivity contribution in [1.29, 1.82) is 0 Å². The second-order valence-electron chi connectivity index (χ2n) is 3.46. The topological polar surface area (TPSA) is 20.2 Å². The van der Waals surface area contributed by atoms with Gasteiger partial charge in [0.15, 0.2) is 0 Å². The van der Waals surface area contributed by atoms with Gasteiger partial charge in [0.2, 0.25) is 0 Å². The molecule has 78 valence electrons. The smallest absolute Gasteiger partial charge is 0.266 e. The first-order chi connectivity index (χ1) is 6.42. The molecule has 1 rings (SSSR count). The molecular formula is C10H11BrF2O. The predicted molar refractivity (Wildman–Crippen MR) is 54.5 cm³/mol. The highest BCUT2D eigenvalue weighted by atomic mass is 79.9. The van der Waals surface area contributed by atoms with Gasteiger partial charge in [-0.3, -0.25) is 0 Å². The molecule has 1 aromatic rings. The fourth-order valence-corrected chi connectivity index (χ4v) is 1.36. The van der Waals surface area contributed by atoms with E-state index in [1.165, 1.54) is 0 Å². The van der Waals surface area contributed by atoms with Gasteiger partial charge in [-0.25, -0.2) is 8.78 Å². The molecule has 14 heavy (non-hydrogen) atoms. The van der Waals surface area contributed by atoms with Crippen molar-refractivity contribution < 1.29 is 13.9 Å². The maximum absolute atomic E-state index is 12.3. The number of hydrogen-bond acceptors (Lipinski definition) is 1. The Hall–Kier alpha value is -0.480. The van der Waals surface area contributed by atoms with E-state index in [4.69, 9.17) is 0 Å². The van der Waals surface area contributed by atoms with Crippen molar-refractivity contribution in [1.82, 2.24) is 0 Å². The Balaban J connectivity index is 2.74. The van der Waals surface area contributed by atoms with E-state index in [1.54, 1.807) is 24.3 Å². The molecule has 4 heteroatoms. The van der Waals surface area contributed by atoms with Crippen molar-refractivity contribution in [3.8, 4) is 0 Å². The minimum atomic E-state index is -2.73. The van der Waals surface area contributed by atoms with Crippen LogP contribution in [0.4, 0.5) is 8.78 Å². The summed E-state index contributed by atoms with van der Waals surface area (Å²) in [4.78, 5) is 0. The minimum Gasteiger partial charge on any atom is -0.384 e. The van der Waals surface area contributed by atoms with Crippen LogP contribution in [-0.2, 0) is 6.42 Å². The van der Waals surface area contributed by atoms with E-state index in [1.807, 2.05) is 0 Å². The lowest BCUT2D eigenvalue weighted by molar-refractivity contribution is -0.0821.